The molecule has 1 aromatic heterocycles. The lowest BCUT2D eigenvalue weighted by Crippen LogP contribution is -2.55. The summed E-state index contributed by atoms with van der Waals surface area (Å²) < 4.78 is 10.9. The van der Waals surface area contributed by atoms with Gasteiger partial charge in [-0.15, -0.1) is 0 Å². The van der Waals surface area contributed by atoms with E-state index >= 15 is 0 Å². The molecule has 1 amide bonds. The number of nitriles is 1. The molecule has 154 valence electrons. The Balaban J connectivity index is 1.54. The van der Waals surface area contributed by atoms with Crippen LogP contribution in [0.2, 0.25) is 0 Å². The van der Waals surface area contributed by atoms with E-state index in [2.05, 4.69) is 20.8 Å². The number of rotatable bonds is 5. The molecule has 0 radical (unpaired) electrons. The quantitative estimate of drug-likeness (QED) is 0.335. The van der Waals surface area contributed by atoms with Gasteiger partial charge in [0.15, 0.2) is 11.5 Å². The first-order valence-electron chi connectivity index (χ1n) is 9.19. The summed E-state index contributed by atoms with van der Waals surface area (Å²) in [6, 6.07) is 1.93. The summed E-state index contributed by atoms with van der Waals surface area (Å²) in [4.78, 5) is 39.5. The molecule has 12 nitrogen and oxygen atoms in total. The van der Waals surface area contributed by atoms with E-state index in [1.165, 1.54) is 19.4 Å². The Bertz CT molecular complexity index is 1100. The van der Waals surface area contributed by atoms with Gasteiger partial charge in [-0.1, -0.05) is 0 Å². The molecule has 3 aliphatic heterocycles. The highest BCUT2D eigenvalue weighted by molar-refractivity contribution is 6.24. The Kier molecular flexibility index (Phi) is 3.76. The fourth-order valence-electron chi connectivity index (χ4n) is 4.82. The van der Waals surface area contributed by atoms with Crippen LogP contribution in [0.1, 0.15) is 5.56 Å². The van der Waals surface area contributed by atoms with Crippen LogP contribution in [0.15, 0.2) is 29.2 Å². The molecule has 4 aliphatic rings. The zero-order valence-corrected chi connectivity index (χ0v) is 15.8. The highest BCUT2D eigenvalue weighted by Crippen LogP contribution is 2.55. The number of amides is 1. The number of nitrogens with one attached hydrogen (secondary N) is 3. The topological polar surface area (TPSA) is 185 Å². The van der Waals surface area contributed by atoms with Crippen LogP contribution in [0.4, 0.5) is 10.6 Å². The molecule has 0 aromatic carbocycles. The van der Waals surface area contributed by atoms with E-state index in [0.29, 0.717) is 6.54 Å². The van der Waals surface area contributed by atoms with Gasteiger partial charge in [-0.05, 0) is 0 Å². The molecule has 1 aliphatic carbocycles. The number of hydrogen-bond donors (Lipinski definition) is 4. The van der Waals surface area contributed by atoms with Gasteiger partial charge in [-0.2, -0.15) is 10.4 Å². The average Bonchev–Trinajstić information content (AvgIpc) is 3.09. The number of aromatic amines is 1. The van der Waals surface area contributed by atoms with E-state index in [4.69, 9.17) is 20.5 Å². The summed E-state index contributed by atoms with van der Waals surface area (Å²) in [6.07, 6.45) is 1.57. The number of piperazine rings is 1. The van der Waals surface area contributed by atoms with Crippen molar-refractivity contribution in [1.29, 1.82) is 5.26 Å². The van der Waals surface area contributed by atoms with Crippen molar-refractivity contribution in [3.8, 4) is 6.07 Å². The van der Waals surface area contributed by atoms with Gasteiger partial charge in [0, 0.05) is 37.5 Å². The van der Waals surface area contributed by atoms with Crippen molar-refractivity contribution in [3.05, 3.63) is 34.8 Å². The summed E-state index contributed by atoms with van der Waals surface area (Å²) >= 11 is 0. The van der Waals surface area contributed by atoms with Gasteiger partial charge in [-0.3, -0.25) is 14.7 Å². The van der Waals surface area contributed by atoms with Crippen LogP contribution >= 0.6 is 0 Å². The molecule has 5 rings (SSSR count). The zero-order valence-electron chi connectivity index (χ0n) is 15.8. The molecular formula is C18H17N7O5. The summed E-state index contributed by atoms with van der Waals surface area (Å²) in [5.74, 6) is -1.45. The van der Waals surface area contributed by atoms with Crippen LogP contribution in [0.5, 0.6) is 0 Å². The smallest absolute Gasteiger partial charge is 0.404 e. The number of nitrogens with zero attached hydrogens (tertiary/aromatic N) is 3. The minimum Gasteiger partial charge on any atom is -0.449 e. The number of ketones is 2. The molecule has 4 atom stereocenters. The largest absolute Gasteiger partial charge is 0.449 e. The Morgan fingerprint density at radius 1 is 1.53 bits per heavy atom. The highest BCUT2D eigenvalue weighted by Gasteiger charge is 2.72. The molecule has 4 heterocycles. The Morgan fingerprint density at radius 3 is 3.03 bits per heavy atom. The number of anilines is 1. The second-order valence-corrected chi connectivity index (χ2v) is 7.40. The molecule has 2 saturated heterocycles. The number of carbonyl (C=O) groups is 3. The molecule has 4 unspecified atom stereocenters. The average molecular weight is 411 g/mol. The van der Waals surface area contributed by atoms with Crippen molar-refractivity contribution in [2.75, 3.05) is 25.6 Å². The summed E-state index contributed by atoms with van der Waals surface area (Å²) in [5.41, 5.74) is 4.70. The monoisotopic (exact) mass is 411 g/mol. The van der Waals surface area contributed by atoms with Crippen LogP contribution < -0.4 is 16.4 Å². The molecule has 30 heavy (non-hydrogen) atoms. The number of Topliss-reactive ketones (excluding diaryl/α,β-unsaturated/α-hetero) is 1. The second kappa shape index (κ2) is 6.15. The summed E-state index contributed by atoms with van der Waals surface area (Å²) in [6.45, 7) is 0.263. The van der Waals surface area contributed by atoms with Crippen LogP contribution in [-0.2, 0) is 19.1 Å². The zero-order chi connectivity index (χ0) is 21.2. The van der Waals surface area contributed by atoms with E-state index in [1.807, 2.05) is 6.07 Å². The minimum atomic E-state index is -1.04. The molecular weight excluding hydrogens is 394 g/mol. The van der Waals surface area contributed by atoms with E-state index < -0.39 is 23.5 Å². The Morgan fingerprint density at radius 2 is 2.33 bits per heavy atom. The third-order valence-electron chi connectivity index (χ3n) is 6.04. The number of nitrogens with two attached hydrogens (primary N) is 1. The van der Waals surface area contributed by atoms with Crippen LogP contribution in [-0.4, -0.2) is 70.8 Å². The summed E-state index contributed by atoms with van der Waals surface area (Å²) in [7, 11) is 1.50. The maximum Gasteiger partial charge on any atom is 0.404 e. The predicted octanol–water partition coefficient (Wildman–Crippen LogP) is -1.29. The third kappa shape index (κ3) is 2.27. The van der Waals surface area contributed by atoms with Gasteiger partial charge in [0.2, 0.25) is 11.6 Å². The SMILES string of the molecule is COC12C(COC(N)=O)C3=C(C(=O)C=C(Nc4n[nH]cc4C#N)C3=O)N1CC1NC12. The molecule has 0 spiro atoms. The Hall–Kier alpha value is -3.69. The van der Waals surface area contributed by atoms with Crippen molar-refractivity contribution in [3.63, 3.8) is 0 Å². The van der Waals surface area contributed by atoms with E-state index in [9.17, 15) is 14.4 Å². The number of fused-ring (bicyclic) bond motifs is 4. The van der Waals surface area contributed by atoms with E-state index in [1.54, 1.807) is 4.90 Å². The summed E-state index contributed by atoms with van der Waals surface area (Å²) in [5, 5.41) is 21.6. The number of carbonyl (C=O) groups excluding carboxylic acids is 3. The van der Waals surface area contributed by atoms with E-state index in [-0.39, 0.29) is 52.8 Å². The molecule has 1 aromatic rings. The number of hydrogen-bond acceptors (Lipinski definition) is 10. The van der Waals surface area contributed by atoms with E-state index in [0.717, 1.165) is 0 Å². The molecule has 2 fully saturated rings. The fourth-order valence-corrected chi connectivity index (χ4v) is 4.82. The van der Waals surface area contributed by atoms with Crippen molar-refractivity contribution in [1.82, 2.24) is 20.4 Å². The number of methoxy groups -OCH3 is 1. The minimum absolute atomic E-state index is 0.0286. The first kappa shape index (κ1) is 18.3. The highest BCUT2D eigenvalue weighted by atomic mass is 16.6. The van der Waals surface area contributed by atoms with Crippen molar-refractivity contribution >= 4 is 23.5 Å². The van der Waals surface area contributed by atoms with Gasteiger partial charge >= 0.3 is 6.09 Å². The maximum absolute atomic E-state index is 13.4. The van der Waals surface area contributed by atoms with Crippen LogP contribution in [0.3, 0.4) is 0 Å². The van der Waals surface area contributed by atoms with Crippen LogP contribution in [0.25, 0.3) is 0 Å². The maximum atomic E-state index is 13.4. The molecule has 0 saturated carbocycles. The first-order valence-corrected chi connectivity index (χ1v) is 9.19. The molecule has 5 N–H and O–H groups in total. The second-order valence-electron chi connectivity index (χ2n) is 7.40. The number of primary amides is 1. The number of aromatic nitrogens is 2. The van der Waals surface area contributed by atoms with Crippen molar-refractivity contribution in [2.24, 2.45) is 11.7 Å². The lowest BCUT2D eigenvalue weighted by atomic mass is 9.84. The molecule has 12 heteroatoms. The third-order valence-corrected chi connectivity index (χ3v) is 6.04. The standard InChI is InChI=1S/C18H17N7O5/c1-29-18-8(6-30-17(20)28)12-13(25(18)5-10-15(18)22-10)11(26)2-9(14(12)27)23-16-7(3-19)4-21-24-16/h2,4,8,10,15,22H,5-6H2,1H3,(H2,20,28)(H2,21,23,24). The van der Waals surface area contributed by atoms with Gasteiger partial charge < -0.3 is 30.7 Å². The first-order chi connectivity index (χ1) is 14.4. The van der Waals surface area contributed by atoms with Crippen LogP contribution in [0, 0.1) is 17.2 Å². The number of ether oxygens (including phenoxy) is 2. The fraction of sp³-hybridized carbons (Fsp3) is 0.389. The van der Waals surface area contributed by atoms with Gasteiger partial charge in [0.05, 0.1) is 23.4 Å². The normalized spacial score (nSPS) is 31.0. The van der Waals surface area contributed by atoms with Gasteiger partial charge in [0.25, 0.3) is 0 Å². The number of allylic oxidation sites excluding steroid dienone is 2. The van der Waals surface area contributed by atoms with Crippen molar-refractivity contribution < 1.29 is 23.9 Å². The number of H-pyrrole nitrogens is 1. The molecule has 0 bridgehead atoms. The predicted molar refractivity (Wildman–Crippen MR) is 98.2 cm³/mol. The lowest BCUT2D eigenvalue weighted by Gasteiger charge is -2.39. The Labute approximate surface area is 169 Å². The van der Waals surface area contributed by atoms with Crippen molar-refractivity contribution in [2.45, 2.75) is 17.8 Å². The lowest BCUT2D eigenvalue weighted by molar-refractivity contribution is -0.136. The van der Waals surface area contributed by atoms with Gasteiger partial charge in [-0.25, -0.2) is 4.79 Å². The van der Waals surface area contributed by atoms with Gasteiger partial charge in [0.1, 0.15) is 18.2 Å².